The first-order valence-corrected chi connectivity index (χ1v) is 6.41. The molecule has 0 saturated heterocycles. The Labute approximate surface area is 110 Å². The minimum atomic E-state index is 0.0315. The Morgan fingerprint density at radius 2 is 1.94 bits per heavy atom. The molecule has 0 aliphatic carbocycles. The lowest BCUT2D eigenvalue weighted by Crippen LogP contribution is -2.34. The van der Waals surface area contributed by atoms with Crippen molar-refractivity contribution in [2.24, 2.45) is 11.3 Å². The predicted molar refractivity (Wildman–Crippen MR) is 76.2 cm³/mol. The summed E-state index contributed by atoms with van der Waals surface area (Å²) in [5, 5.41) is 2.97. The van der Waals surface area contributed by atoms with Crippen LogP contribution in [0.25, 0.3) is 0 Å². The molecule has 0 aromatic heterocycles. The lowest BCUT2D eigenvalue weighted by molar-refractivity contribution is -0.120. The molecule has 0 radical (unpaired) electrons. The van der Waals surface area contributed by atoms with Crippen LogP contribution in [0, 0.1) is 11.3 Å². The van der Waals surface area contributed by atoms with Crippen LogP contribution in [0.1, 0.15) is 33.3 Å². The van der Waals surface area contributed by atoms with Crippen LogP contribution in [0.5, 0.6) is 0 Å². The molecule has 1 aromatic rings. The third kappa shape index (κ3) is 4.40. The summed E-state index contributed by atoms with van der Waals surface area (Å²) in [6.07, 6.45) is 0.351. The molecule has 1 aromatic carbocycles. The number of hydrogen-bond donors (Lipinski definition) is 2. The monoisotopic (exact) mass is 248 g/mol. The molecule has 0 aliphatic heterocycles. The predicted octanol–water partition coefficient (Wildman–Crippen LogP) is 2.61. The molecule has 1 atom stereocenters. The average molecular weight is 248 g/mol. The van der Waals surface area contributed by atoms with Crippen LogP contribution in [-0.2, 0) is 11.2 Å². The number of carbonyl (C=O) groups excluding carboxylic acids is 1. The van der Waals surface area contributed by atoms with E-state index in [1.54, 1.807) is 0 Å². The molecule has 0 spiro atoms. The number of nitrogens with one attached hydrogen (secondary N) is 1. The first-order valence-electron chi connectivity index (χ1n) is 6.41. The summed E-state index contributed by atoms with van der Waals surface area (Å²) in [4.78, 5) is 11.8. The van der Waals surface area contributed by atoms with E-state index >= 15 is 0 Å². The summed E-state index contributed by atoms with van der Waals surface area (Å²) in [5.41, 5.74) is 7.59. The van der Waals surface area contributed by atoms with Gasteiger partial charge in [0.2, 0.25) is 5.91 Å². The van der Waals surface area contributed by atoms with Crippen LogP contribution in [0.4, 0.5) is 5.69 Å². The van der Waals surface area contributed by atoms with Crippen molar-refractivity contribution < 1.29 is 4.79 Å². The van der Waals surface area contributed by atoms with Crippen LogP contribution in [-0.4, -0.2) is 12.5 Å². The van der Waals surface area contributed by atoms with Gasteiger partial charge in [0, 0.05) is 12.2 Å². The Balaban J connectivity index is 2.46. The Kier molecular flexibility index (Phi) is 4.76. The minimum absolute atomic E-state index is 0.0315. The normalized spacial score (nSPS) is 13.1. The SMILES string of the molecule is CC(CNC(=O)Cc1ccccc1N)C(C)(C)C. The molecule has 0 heterocycles. The smallest absolute Gasteiger partial charge is 0.224 e. The average Bonchev–Trinajstić information content (AvgIpc) is 2.27. The highest BCUT2D eigenvalue weighted by molar-refractivity contribution is 5.80. The second-order valence-electron chi connectivity index (χ2n) is 5.95. The number of nitrogen functional groups attached to an aromatic ring is 1. The summed E-state index contributed by atoms with van der Waals surface area (Å²) < 4.78 is 0. The van der Waals surface area contributed by atoms with Crippen molar-refractivity contribution in [2.75, 3.05) is 12.3 Å². The van der Waals surface area contributed by atoms with Crippen molar-refractivity contribution in [1.82, 2.24) is 5.32 Å². The Hall–Kier alpha value is -1.51. The first kappa shape index (κ1) is 14.6. The highest BCUT2D eigenvalue weighted by Gasteiger charge is 2.20. The van der Waals surface area contributed by atoms with E-state index in [1.165, 1.54) is 0 Å². The number of benzene rings is 1. The van der Waals surface area contributed by atoms with Crippen molar-refractivity contribution in [3.8, 4) is 0 Å². The zero-order valence-corrected chi connectivity index (χ0v) is 11.8. The number of anilines is 1. The lowest BCUT2D eigenvalue weighted by atomic mass is 9.82. The van der Waals surface area contributed by atoms with Gasteiger partial charge in [0.15, 0.2) is 0 Å². The van der Waals surface area contributed by atoms with E-state index in [-0.39, 0.29) is 11.3 Å². The molecule has 3 N–H and O–H groups in total. The van der Waals surface area contributed by atoms with Crippen molar-refractivity contribution in [2.45, 2.75) is 34.1 Å². The number of rotatable bonds is 4. The summed E-state index contributed by atoms with van der Waals surface area (Å²) in [6, 6.07) is 7.48. The Bertz CT molecular complexity index is 407. The van der Waals surface area contributed by atoms with E-state index in [9.17, 15) is 4.79 Å². The number of para-hydroxylation sites is 1. The zero-order chi connectivity index (χ0) is 13.8. The van der Waals surface area contributed by atoms with E-state index in [1.807, 2.05) is 24.3 Å². The molecular formula is C15H24N2O. The van der Waals surface area contributed by atoms with Gasteiger partial charge in [-0.1, -0.05) is 45.9 Å². The van der Waals surface area contributed by atoms with Crippen LogP contribution < -0.4 is 11.1 Å². The molecule has 0 aliphatic rings. The lowest BCUT2D eigenvalue weighted by Gasteiger charge is -2.27. The topological polar surface area (TPSA) is 55.1 Å². The highest BCUT2D eigenvalue weighted by Crippen LogP contribution is 2.24. The van der Waals surface area contributed by atoms with Crippen LogP contribution in [0.3, 0.4) is 0 Å². The van der Waals surface area contributed by atoms with E-state index in [4.69, 9.17) is 5.73 Å². The fraction of sp³-hybridized carbons (Fsp3) is 0.533. The zero-order valence-electron chi connectivity index (χ0n) is 11.8. The summed E-state index contributed by atoms with van der Waals surface area (Å²) in [5.74, 6) is 0.471. The molecule has 1 rings (SSSR count). The van der Waals surface area contributed by atoms with Crippen molar-refractivity contribution in [1.29, 1.82) is 0 Å². The molecular weight excluding hydrogens is 224 g/mol. The van der Waals surface area contributed by atoms with E-state index in [0.717, 1.165) is 5.56 Å². The van der Waals surface area contributed by atoms with Gasteiger partial charge in [-0.25, -0.2) is 0 Å². The maximum atomic E-state index is 11.8. The second kappa shape index (κ2) is 5.89. The third-order valence-corrected chi connectivity index (χ3v) is 3.49. The first-order chi connectivity index (χ1) is 8.30. The van der Waals surface area contributed by atoms with E-state index in [0.29, 0.717) is 24.6 Å². The molecule has 18 heavy (non-hydrogen) atoms. The summed E-state index contributed by atoms with van der Waals surface area (Å²) >= 11 is 0. The largest absolute Gasteiger partial charge is 0.398 e. The number of carbonyl (C=O) groups is 1. The minimum Gasteiger partial charge on any atom is -0.398 e. The fourth-order valence-electron chi connectivity index (χ4n) is 1.50. The van der Waals surface area contributed by atoms with E-state index < -0.39 is 0 Å². The maximum absolute atomic E-state index is 11.8. The van der Waals surface area contributed by atoms with Gasteiger partial charge in [-0.05, 0) is 23.0 Å². The van der Waals surface area contributed by atoms with Gasteiger partial charge in [0.05, 0.1) is 6.42 Å². The summed E-state index contributed by atoms with van der Waals surface area (Å²) in [6.45, 7) is 9.39. The third-order valence-electron chi connectivity index (χ3n) is 3.49. The molecule has 1 amide bonds. The summed E-state index contributed by atoms with van der Waals surface area (Å²) in [7, 11) is 0. The molecule has 100 valence electrons. The van der Waals surface area contributed by atoms with E-state index in [2.05, 4.69) is 33.0 Å². The van der Waals surface area contributed by atoms with Crippen LogP contribution >= 0.6 is 0 Å². The van der Waals surface area contributed by atoms with Gasteiger partial charge in [-0.3, -0.25) is 4.79 Å². The van der Waals surface area contributed by atoms with Crippen LogP contribution in [0.15, 0.2) is 24.3 Å². The van der Waals surface area contributed by atoms with Crippen LogP contribution in [0.2, 0.25) is 0 Å². The molecule has 1 unspecified atom stereocenters. The van der Waals surface area contributed by atoms with Gasteiger partial charge in [-0.2, -0.15) is 0 Å². The standard InChI is InChI=1S/C15H24N2O/c1-11(15(2,3)4)10-17-14(18)9-12-7-5-6-8-13(12)16/h5-8,11H,9-10,16H2,1-4H3,(H,17,18). The number of nitrogens with two attached hydrogens (primary N) is 1. The van der Waals surface area contributed by atoms with Crippen molar-refractivity contribution >= 4 is 11.6 Å². The number of hydrogen-bond acceptors (Lipinski definition) is 2. The molecule has 0 fully saturated rings. The van der Waals surface area contributed by atoms with Gasteiger partial charge >= 0.3 is 0 Å². The quantitative estimate of drug-likeness (QED) is 0.805. The van der Waals surface area contributed by atoms with Gasteiger partial charge in [-0.15, -0.1) is 0 Å². The number of amides is 1. The van der Waals surface area contributed by atoms with Gasteiger partial charge in [0.1, 0.15) is 0 Å². The van der Waals surface area contributed by atoms with Gasteiger partial charge in [0.25, 0.3) is 0 Å². The molecule has 3 nitrogen and oxygen atoms in total. The van der Waals surface area contributed by atoms with Crippen molar-refractivity contribution in [3.63, 3.8) is 0 Å². The Morgan fingerprint density at radius 1 is 1.33 bits per heavy atom. The van der Waals surface area contributed by atoms with Crippen molar-refractivity contribution in [3.05, 3.63) is 29.8 Å². The Morgan fingerprint density at radius 3 is 2.50 bits per heavy atom. The maximum Gasteiger partial charge on any atom is 0.224 e. The molecule has 0 saturated carbocycles. The highest BCUT2D eigenvalue weighted by atomic mass is 16.1. The fourth-order valence-corrected chi connectivity index (χ4v) is 1.50. The molecule has 3 heteroatoms. The second-order valence-corrected chi connectivity index (χ2v) is 5.95. The van der Waals surface area contributed by atoms with Gasteiger partial charge < -0.3 is 11.1 Å². The molecule has 0 bridgehead atoms.